The molecule has 0 fully saturated rings. The first-order valence-electron chi connectivity index (χ1n) is 15.4. The number of benzene rings is 1. The van der Waals surface area contributed by atoms with Crippen molar-refractivity contribution in [1.82, 2.24) is 0 Å². The van der Waals surface area contributed by atoms with Crippen LogP contribution in [0.4, 0.5) is 22.0 Å². The zero-order valence-corrected chi connectivity index (χ0v) is 25.7. The van der Waals surface area contributed by atoms with Gasteiger partial charge < -0.3 is 0 Å². The monoisotopic (exact) mass is 582 g/mol. The average molecular weight is 583 g/mol. The second-order valence-corrected chi connectivity index (χ2v) is 17.0. The Kier molecular flexibility index (Phi) is 16.8. The molecule has 1 rings (SSSR count). The third-order valence-electron chi connectivity index (χ3n) is 8.06. The number of carbonyl (C=O) groups is 1. The Bertz CT molecular complexity index is 789. The molecule has 0 unspecified atom stereocenters. The number of halogens is 5. The maximum atomic E-state index is 14.8. The van der Waals surface area contributed by atoms with Crippen LogP contribution in [0.25, 0.3) is 0 Å². The first-order valence-corrected chi connectivity index (χ1v) is 18.3. The molecule has 0 saturated carbocycles. The Labute approximate surface area is 233 Å². The van der Waals surface area contributed by atoms with Crippen molar-refractivity contribution in [2.45, 2.75) is 130 Å². The minimum absolute atomic E-state index is 0.650. The van der Waals surface area contributed by atoms with Crippen LogP contribution in [0.15, 0.2) is 0 Å². The van der Waals surface area contributed by atoms with Crippen LogP contribution in [0.1, 0.15) is 141 Å². The zero-order valence-electron chi connectivity index (χ0n) is 24.8. The van der Waals surface area contributed by atoms with Gasteiger partial charge in [0.1, 0.15) is 0 Å². The molecule has 0 aromatic heterocycles. The van der Waals surface area contributed by atoms with E-state index in [1.54, 1.807) is 0 Å². The third kappa shape index (κ3) is 10.6. The SMILES string of the molecule is CCCCCCP(CCCCCC)(CCCCCC)(CCCCCC)OC(=O)c1c(F)c(F)c(F)c(F)c1F. The van der Waals surface area contributed by atoms with Gasteiger partial charge in [0.05, 0.1) is 0 Å². The molecule has 0 bridgehead atoms. The van der Waals surface area contributed by atoms with Crippen molar-refractivity contribution in [3.63, 3.8) is 0 Å². The molecule has 0 heterocycles. The molecule has 0 aliphatic heterocycles. The van der Waals surface area contributed by atoms with Crippen LogP contribution in [-0.2, 0) is 4.52 Å². The van der Waals surface area contributed by atoms with Gasteiger partial charge in [0, 0.05) is 0 Å². The standard InChI is InChI=1S/C31H52F5O2P/c1-5-9-13-17-21-39(22-18-14-10-6-2,23-19-15-11-7-3,24-20-16-12-8-4)38-31(37)25-26(32)28(34)30(36)29(35)27(25)33/h5-24H2,1-4H3. The van der Waals surface area contributed by atoms with Crippen molar-refractivity contribution in [1.29, 1.82) is 0 Å². The number of hydrogen-bond donors (Lipinski definition) is 0. The van der Waals surface area contributed by atoms with Crippen LogP contribution < -0.4 is 0 Å². The van der Waals surface area contributed by atoms with Crippen molar-refractivity contribution in [2.24, 2.45) is 0 Å². The van der Waals surface area contributed by atoms with E-state index in [4.69, 9.17) is 4.52 Å². The number of hydrogen-bond acceptors (Lipinski definition) is 2. The second kappa shape index (κ2) is 18.3. The van der Waals surface area contributed by atoms with E-state index in [2.05, 4.69) is 27.7 Å². The van der Waals surface area contributed by atoms with Gasteiger partial charge in [-0.25, -0.2) is 0 Å². The quantitative estimate of drug-likeness (QED) is 0.0447. The molecule has 0 spiro atoms. The first-order chi connectivity index (χ1) is 18.6. The average Bonchev–Trinajstić information content (AvgIpc) is 2.92. The Morgan fingerprint density at radius 2 is 0.769 bits per heavy atom. The van der Waals surface area contributed by atoms with Crippen LogP contribution in [0.5, 0.6) is 0 Å². The van der Waals surface area contributed by atoms with Crippen LogP contribution >= 0.6 is 6.83 Å². The van der Waals surface area contributed by atoms with E-state index in [-0.39, 0.29) is 0 Å². The zero-order chi connectivity index (χ0) is 29.3. The summed E-state index contributed by atoms with van der Waals surface area (Å²) in [6.45, 7) is 5.04. The summed E-state index contributed by atoms with van der Waals surface area (Å²) in [6, 6.07) is 0. The van der Waals surface area contributed by atoms with Crippen molar-refractivity contribution in [3.05, 3.63) is 34.6 Å². The Hall–Kier alpha value is -1.23. The Morgan fingerprint density at radius 3 is 1.05 bits per heavy atom. The second-order valence-electron chi connectivity index (χ2n) is 11.3. The summed E-state index contributed by atoms with van der Waals surface area (Å²) < 4.78 is 77.8. The predicted octanol–water partition coefficient (Wildman–Crippen LogP) is 11.3. The summed E-state index contributed by atoms with van der Waals surface area (Å²) in [7, 11) is 0. The van der Waals surface area contributed by atoms with Gasteiger partial charge >= 0.3 is 234 Å². The predicted molar refractivity (Wildman–Crippen MR) is 155 cm³/mol. The molecule has 2 nitrogen and oxygen atoms in total. The van der Waals surface area contributed by atoms with Gasteiger partial charge in [-0.15, -0.1) is 0 Å². The molecule has 39 heavy (non-hydrogen) atoms. The van der Waals surface area contributed by atoms with Crippen LogP contribution in [0.2, 0.25) is 0 Å². The van der Waals surface area contributed by atoms with E-state index in [1.165, 1.54) is 0 Å². The van der Waals surface area contributed by atoms with E-state index in [1.807, 2.05) is 0 Å². The molecule has 0 aliphatic carbocycles. The summed E-state index contributed by atoms with van der Waals surface area (Å²) >= 11 is 0. The third-order valence-corrected chi connectivity index (χ3v) is 14.5. The summed E-state index contributed by atoms with van der Waals surface area (Å²) in [4.78, 5) is 13.6. The summed E-state index contributed by atoms with van der Waals surface area (Å²) in [5.41, 5.74) is -1.45. The molecule has 0 atom stereocenters. The van der Waals surface area contributed by atoms with E-state index >= 15 is 0 Å². The van der Waals surface area contributed by atoms with Crippen LogP contribution in [-0.4, -0.2) is 30.6 Å². The molecule has 0 amide bonds. The van der Waals surface area contributed by atoms with Gasteiger partial charge in [-0.3, -0.25) is 0 Å². The molecule has 0 N–H and O–H groups in total. The molecule has 1 aromatic carbocycles. The fourth-order valence-corrected chi connectivity index (χ4v) is 12.0. The number of carbonyl (C=O) groups excluding carboxylic acids is 1. The Balaban J connectivity index is 3.65. The molecule has 1 aromatic rings. The van der Waals surface area contributed by atoms with E-state index in [0.717, 1.165) is 103 Å². The minimum atomic E-state index is -3.42. The van der Waals surface area contributed by atoms with E-state index < -0.39 is 47.4 Å². The molecule has 228 valence electrons. The normalized spacial score (nSPS) is 12.9. The number of rotatable bonds is 22. The van der Waals surface area contributed by atoms with Gasteiger partial charge in [0.2, 0.25) is 0 Å². The van der Waals surface area contributed by atoms with Gasteiger partial charge in [-0.1, -0.05) is 0 Å². The van der Waals surface area contributed by atoms with Crippen molar-refractivity contribution in [2.75, 3.05) is 24.6 Å². The van der Waals surface area contributed by atoms with Crippen LogP contribution in [0, 0.1) is 29.1 Å². The van der Waals surface area contributed by atoms with Crippen molar-refractivity contribution in [3.8, 4) is 0 Å². The van der Waals surface area contributed by atoms with Crippen LogP contribution in [0.3, 0.4) is 0 Å². The van der Waals surface area contributed by atoms with Gasteiger partial charge in [-0.2, -0.15) is 0 Å². The molecular formula is C31H52F5O2P. The maximum absolute atomic E-state index is 14.8. The summed E-state index contributed by atoms with van der Waals surface area (Å²) in [5.74, 6) is -12.1. The molecule has 8 heteroatoms. The molecule has 0 radical (unpaired) electrons. The number of unbranched alkanes of at least 4 members (excludes halogenated alkanes) is 12. The topological polar surface area (TPSA) is 26.3 Å². The van der Waals surface area contributed by atoms with Crippen molar-refractivity contribution >= 4 is 12.8 Å². The Morgan fingerprint density at radius 1 is 0.487 bits per heavy atom. The summed E-state index contributed by atoms with van der Waals surface area (Å²) in [6.07, 6.45) is 17.9. The van der Waals surface area contributed by atoms with E-state index in [0.29, 0.717) is 24.6 Å². The fraction of sp³-hybridized carbons (Fsp3) is 0.774. The molecular weight excluding hydrogens is 530 g/mol. The van der Waals surface area contributed by atoms with E-state index in [9.17, 15) is 26.7 Å². The van der Waals surface area contributed by atoms with Gasteiger partial charge in [0.25, 0.3) is 0 Å². The van der Waals surface area contributed by atoms with Gasteiger partial charge in [0.15, 0.2) is 0 Å². The molecule has 0 aliphatic rings. The molecule has 0 saturated heterocycles. The first kappa shape index (κ1) is 35.8. The summed E-state index contributed by atoms with van der Waals surface area (Å²) in [5, 5.41) is 0. The van der Waals surface area contributed by atoms with Crippen molar-refractivity contribution < 1.29 is 31.3 Å². The fourth-order valence-electron chi connectivity index (χ4n) is 5.67. The van der Waals surface area contributed by atoms with Gasteiger partial charge in [-0.05, 0) is 0 Å².